The third-order valence-electron chi connectivity index (χ3n) is 4.25. The van der Waals surface area contributed by atoms with Crippen LogP contribution >= 0.6 is 0 Å². The Bertz CT molecular complexity index is 1170. The lowest BCUT2D eigenvalue weighted by Crippen LogP contribution is -2.15. The first-order valence-electron chi connectivity index (χ1n) is 9.12. The summed E-state index contributed by atoms with van der Waals surface area (Å²) < 4.78 is 27.5. The molecule has 0 aromatic heterocycles. The van der Waals surface area contributed by atoms with Crippen LogP contribution in [0.25, 0.3) is 0 Å². The summed E-state index contributed by atoms with van der Waals surface area (Å²) in [7, 11) is -3.71. The minimum Gasteiger partial charge on any atom is -0.326 e. The normalized spacial score (nSPS) is 10.9. The average molecular weight is 423 g/mol. The molecule has 0 spiro atoms. The Kier molecular flexibility index (Phi) is 6.17. The smallest absolute Gasteiger partial charge is 0.261 e. The molecule has 0 saturated heterocycles. The summed E-state index contributed by atoms with van der Waals surface area (Å²) in [5.74, 6) is -0.506. The summed E-state index contributed by atoms with van der Waals surface area (Å²) in [6, 6.07) is 19.5. The molecule has 0 aliphatic carbocycles. The number of hydrogen-bond acceptors (Lipinski definition) is 4. The van der Waals surface area contributed by atoms with Gasteiger partial charge in [0.25, 0.3) is 15.9 Å². The Morgan fingerprint density at radius 3 is 1.97 bits per heavy atom. The van der Waals surface area contributed by atoms with Crippen molar-refractivity contribution in [3.05, 3.63) is 83.9 Å². The highest BCUT2D eigenvalue weighted by molar-refractivity contribution is 7.92. The first kappa shape index (κ1) is 21.1. The van der Waals surface area contributed by atoms with Crippen molar-refractivity contribution in [3.63, 3.8) is 0 Å². The lowest BCUT2D eigenvalue weighted by molar-refractivity contribution is -0.114. The summed E-state index contributed by atoms with van der Waals surface area (Å²) in [6.07, 6.45) is 0. The first-order chi connectivity index (χ1) is 14.2. The Morgan fingerprint density at radius 2 is 1.40 bits per heavy atom. The van der Waals surface area contributed by atoms with Gasteiger partial charge in [-0.3, -0.25) is 14.3 Å². The lowest BCUT2D eigenvalue weighted by atomic mass is 10.1. The van der Waals surface area contributed by atoms with Gasteiger partial charge in [0.2, 0.25) is 5.91 Å². The minimum absolute atomic E-state index is 0.161. The van der Waals surface area contributed by atoms with Gasteiger partial charge < -0.3 is 10.6 Å². The molecule has 2 amide bonds. The van der Waals surface area contributed by atoms with E-state index in [9.17, 15) is 18.0 Å². The maximum Gasteiger partial charge on any atom is 0.261 e. The van der Waals surface area contributed by atoms with Gasteiger partial charge in [0, 0.05) is 23.9 Å². The summed E-state index contributed by atoms with van der Waals surface area (Å²) >= 11 is 0. The molecule has 0 unspecified atom stereocenters. The Labute approximate surface area is 175 Å². The number of anilines is 3. The number of nitrogens with one attached hydrogen (secondary N) is 3. The largest absolute Gasteiger partial charge is 0.326 e. The predicted molar refractivity (Wildman–Crippen MR) is 117 cm³/mol. The van der Waals surface area contributed by atoms with Crippen molar-refractivity contribution in [3.8, 4) is 0 Å². The molecule has 3 aromatic rings. The summed E-state index contributed by atoms with van der Waals surface area (Å²) in [5, 5.41) is 5.42. The van der Waals surface area contributed by atoms with Gasteiger partial charge in [0.15, 0.2) is 0 Å². The molecule has 154 valence electrons. The van der Waals surface area contributed by atoms with Crippen LogP contribution in [0.4, 0.5) is 17.1 Å². The zero-order chi connectivity index (χ0) is 21.7. The van der Waals surface area contributed by atoms with E-state index in [1.165, 1.54) is 19.1 Å². The molecule has 0 aliphatic heterocycles. The number of amides is 2. The van der Waals surface area contributed by atoms with E-state index in [1.54, 1.807) is 67.6 Å². The molecule has 7 nitrogen and oxygen atoms in total. The molecule has 0 atom stereocenters. The molecule has 0 heterocycles. The second-order valence-electron chi connectivity index (χ2n) is 6.66. The quantitative estimate of drug-likeness (QED) is 0.557. The lowest BCUT2D eigenvalue weighted by Gasteiger charge is -2.12. The fourth-order valence-corrected chi connectivity index (χ4v) is 3.92. The average Bonchev–Trinajstić information content (AvgIpc) is 2.71. The van der Waals surface area contributed by atoms with Crippen LogP contribution in [0.1, 0.15) is 22.8 Å². The van der Waals surface area contributed by atoms with E-state index in [0.29, 0.717) is 28.2 Å². The number of rotatable bonds is 6. The van der Waals surface area contributed by atoms with Crippen molar-refractivity contribution in [2.45, 2.75) is 18.7 Å². The van der Waals surface area contributed by atoms with Crippen molar-refractivity contribution >= 4 is 38.9 Å². The number of benzene rings is 3. The van der Waals surface area contributed by atoms with E-state index in [2.05, 4.69) is 15.4 Å². The molecular weight excluding hydrogens is 402 g/mol. The highest BCUT2D eigenvalue weighted by atomic mass is 32.2. The molecule has 0 radical (unpaired) electrons. The van der Waals surface area contributed by atoms with Gasteiger partial charge in [-0.1, -0.05) is 18.2 Å². The topological polar surface area (TPSA) is 104 Å². The maximum absolute atomic E-state index is 12.5. The van der Waals surface area contributed by atoms with E-state index in [-0.39, 0.29) is 16.7 Å². The monoisotopic (exact) mass is 423 g/mol. The Hall–Kier alpha value is -3.65. The van der Waals surface area contributed by atoms with E-state index in [1.807, 2.05) is 0 Å². The number of sulfonamides is 1. The van der Waals surface area contributed by atoms with Gasteiger partial charge in [-0.25, -0.2) is 8.42 Å². The Morgan fingerprint density at radius 1 is 0.800 bits per heavy atom. The van der Waals surface area contributed by atoms with Crippen molar-refractivity contribution in [1.82, 2.24) is 0 Å². The van der Waals surface area contributed by atoms with Crippen molar-refractivity contribution < 1.29 is 18.0 Å². The van der Waals surface area contributed by atoms with Crippen molar-refractivity contribution in [2.24, 2.45) is 0 Å². The van der Waals surface area contributed by atoms with Crippen molar-refractivity contribution in [2.75, 3.05) is 15.4 Å². The van der Waals surface area contributed by atoms with E-state index in [4.69, 9.17) is 0 Å². The number of hydrogen-bond donors (Lipinski definition) is 3. The molecule has 30 heavy (non-hydrogen) atoms. The van der Waals surface area contributed by atoms with Crippen molar-refractivity contribution in [1.29, 1.82) is 0 Å². The summed E-state index contributed by atoms with van der Waals surface area (Å²) in [6.45, 7) is 3.14. The van der Waals surface area contributed by atoms with Gasteiger partial charge in [0.1, 0.15) is 0 Å². The zero-order valence-corrected chi connectivity index (χ0v) is 17.3. The zero-order valence-electron chi connectivity index (χ0n) is 16.5. The van der Waals surface area contributed by atoms with Crippen LogP contribution in [0.2, 0.25) is 0 Å². The Balaban J connectivity index is 1.71. The van der Waals surface area contributed by atoms with Crippen LogP contribution in [0, 0.1) is 6.92 Å². The predicted octanol–water partition coefficient (Wildman–Crippen LogP) is 4.01. The van der Waals surface area contributed by atoms with Gasteiger partial charge >= 0.3 is 0 Å². The molecule has 0 saturated carbocycles. The van der Waals surface area contributed by atoms with Crippen LogP contribution < -0.4 is 15.4 Å². The third kappa shape index (κ3) is 5.24. The first-order valence-corrected chi connectivity index (χ1v) is 10.6. The van der Waals surface area contributed by atoms with E-state index in [0.717, 1.165) is 0 Å². The highest BCUT2D eigenvalue weighted by Crippen LogP contribution is 2.22. The van der Waals surface area contributed by atoms with Crippen LogP contribution in [0.5, 0.6) is 0 Å². The summed E-state index contributed by atoms with van der Waals surface area (Å²) in [4.78, 5) is 23.8. The second-order valence-corrected chi connectivity index (χ2v) is 8.34. The minimum atomic E-state index is -3.71. The number of carbonyl (C=O) groups is 2. The molecular formula is C22H21N3O4S. The molecule has 3 N–H and O–H groups in total. The fourth-order valence-electron chi connectivity index (χ4n) is 2.77. The van der Waals surface area contributed by atoms with Gasteiger partial charge in [-0.05, 0) is 67.1 Å². The number of aryl methyl sites for hydroxylation is 1. The fraction of sp³-hybridized carbons (Fsp3) is 0.0909. The molecule has 0 bridgehead atoms. The molecule has 0 fully saturated rings. The molecule has 3 rings (SSSR count). The van der Waals surface area contributed by atoms with Crippen LogP contribution in [-0.2, 0) is 14.8 Å². The van der Waals surface area contributed by atoms with Gasteiger partial charge in [-0.2, -0.15) is 0 Å². The molecule has 0 aliphatic rings. The van der Waals surface area contributed by atoms with Crippen LogP contribution in [0.3, 0.4) is 0 Å². The molecule has 8 heteroatoms. The van der Waals surface area contributed by atoms with Crippen LogP contribution in [0.15, 0.2) is 77.7 Å². The SMILES string of the molecule is CC(=O)Nc1ccc(NC(=O)c2ccc(NS(=O)(=O)c3ccccc3)c(C)c2)cc1. The van der Waals surface area contributed by atoms with E-state index < -0.39 is 10.0 Å². The third-order valence-corrected chi connectivity index (χ3v) is 5.63. The van der Waals surface area contributed by atoms with E-state index >= 15 is 0 Å². The maximum atomic E-state index is 12.5. The number of carbonyl (C=O) groups excluding carboxylic acids is 2. The van der Waals surface area contributed by atoms with Gasteiger partial charge in [0.05, 0.1) is 10.6 Å². The second kappa shape index (κ2) is 8.79. The highest BCUT2D eigenvalue weighted by Gasteiger charge is 2.16. The summed E-state index contributed by atoms with van der Waals surface area (Å²) in [5.41, 5.74) is 2.60. The standard InChI is InChI=1S/C22H21N3O4S/c1-15-14-17(22(27)24-19-11-9-18(10-12-19)23-16(2)26)8-13-21(15)25-30(28,29)20-6-4-3-5-7-20/h3-14,25H,1-2H3,(H,23,26)(H,24,27). The molecule has 3 aromatic carbocycles. The van der Waals surface area contributed by atoms with Gasteiger partial charge in [-0.15, -0.1) is 0 Å². The van der Waals surface area contributed by atoms with Crippen LogP contribution in [-0.4, -0.2) is 20.2 Å².